The van der Waals surface area contributed by atoms with E-state index in [0.29, 0.717) is 24.4 Å². The fourth-order valence-electron chi connectivity index (χ4n) is 3.67. The average molecular weight is 439 g/mol. The third-order valence-corrected chi connectivity index (χ3v) is 5.95. The number of aromatic nitrogens is 3. The molecule has 0 amide bonds. The Bertz CT molecular complexity index is 1280. The minimum atomic E-state index is -0.632. The van der Waals surface area contributed by atoms with E-state index in [9.17, 15) is 8.78 Å². The molecule has 0 radical (unpaired) electrons. The molecule has 0 aliphatic carbocycles. The highest BCUT2D eigenvalue weighted by Crippen LogP contribution is 2.39. The number of nitrogens with zero attached hydrogens (tertiary/aromatic N) is 4. The molecule has 5 rings (SSSR count). The Morgan fingerprint density at radius 1 is 1.13 bits per heavy atom. The predicted octanol–water partition coefficient (Wildman–Crippen LogP) is 5.38. The number of rotatable bonds is 4. The van der Waals surface area contributed by atoms with Crippen molar-refractivity contribution in [3.05, 3.63) is 53.7 Å². The van der Waals surface area contributed by atoms with Crippen LogP contribution < -0.4 is 15.0 Å². The molecule has 1 aliphatic heterocycles. The first-order valence-electron chi connectivity index (χ1n) is 9.86. The predicted molar refractivity (Wildman–Crippen MR) is 118 cm³/mol. The lowest BCUT2D eigenvalue weighted by molar-refractivity contribution is 0.287. The summed E-state index contributed by atoms with van der Waals surface area (Å²) in [5, 5.41) is 3.07. The summed E-state index contributed by atoms with van der Waals surface area (Å²) in [4.78, 5) is 14.7. The van der Waals surface area contributed by atoms with Gasteiger partial charge in [0.05, 0.1) is 34.2 Å². The van der Waals surface area contributed by atoms with E-state index in [-0.39, 0.29) is 23.4 Å². The molecule has 0 unspecified atom stereocenters. The topological polar surface area (TPSA) is 63.2 Å². The highest BCUT2D eigenvalue weighted by molar-refractivity contribution is 7.16. The minimum absolute atomic E-state index is 0.0169. The SMILES string of the molecule is CC(C)N1CCOc2c(F)cc(-c3nc(Nc4ccc5scnc5c4)ncc3F)cc21. The monoisotopic (exact) mass is 439 g/mol. The number of benzene rings is 2. The van der Waals surface area contributed by atoms with Crippen molar-refractivity contribution in [1.82, 2.24) is 15.0 Å². The number of thiazole rings is 1. The van der Waals surface area contributed by atoms with Gasteiger partial charge in [-0.3, -0.25) is 0 Å². The van der Waals surface area contributed by atoms with Gasteiger partial charge in [0.1, 0.15) is 12.3 Å². The standard InChI is InChI=1S/C22H19F2N5OS/c1-12(2)29-5-6-30-21-15(23)7-13(8-18(21)29)20-16(24)10-25-22(28-20)27-14-3-4-19-17(9-14)26-11-31-19/h3-4,7-12H,5-6H2,1-2H3,(H,25,27,28). The van der Waals surface area contributed by atoms with Gasteiger partial charge < -0.3 is 15.0 Å². The largest absolute Gasteiger partial charge is 0.486 e. The fourth-order valence-corrected chi connectivity index (χ4v) is 4.33. The Morgan fingerprint density at radius 2 is 2.00 bits per heavy atom. The maximum absolute atomic E-state index is 14.8. The molecular weight excluding hydrogens is 420 g/mol. The molecule has 0 spiro atoms. The van der Waals surface area contributed by atoms with Crippen LogP contribution in [0, 0.1) is 11.6 Å². The Hall–Kier alpha value is -3.33. The van der Waals surface area contributed by atoms with E-state index in [2.05, 4.69) is 20.3 Å². The van der Waals surface area contributed by atoms with Gasteiger partial charge in [-0.2, -0.15) is 0 Å². The van der Waals surface area contributed by atoms with Crippen molar-refractivity contribution in [2.24, 2.45) is 0 Å². The van der Waals surface area contributed by atoms with E-state index in [1.165, 1.54) is 6.07 Å². The van der Waals surface area contributed by atoms with E-state index >= 15 is 0 Å². The molecule has 9 heteroatoms. The Morgan fingerprint density at radius 3 is 2.84 bits per heavy atom. The van der Waals surface area contributed by atoms with Gasteiger partial charge in [-0.05, 0) is 44.2 Å². The minimum Gasteiger partial charge on any atom is -0.486 e. The van der Waals surface area contributed by atoms with E-state index in [4.69, 9.17) is 4.74 Å². The molecule has 6 nitrogen and oxygen atoms in total. The molecule has 0 saturated carbocycles. The molecule has 1 N–H and O–H groups in total. The Balaban J connectivity index is 1.53. The summed E-state index contributed by atoms with van der Waals surface area (Å²) >= 11 is 1.55. The van der Waals surface area contributed by atoms with Crippen LogP contribution in [0.3, 0.4) is 0 Å². The lowest BCUT2D eigenvalue weighted by atomic mass is 10.1. The highest BCUT2D eigenvalue weighted by Gasteiger charge is 2.25. The van der Waals surface area contributed by atoms with Crippen molar-refractivity contribution >= 4 is 38.9 Å². The van der Waals surface area contributed by atoms with E-state index in [1.54, 1.807) is 22.9 Å². The fraction of sp³-hybridized carbons (Fsp3) is 0.227. The Labute approximate surface area is 181 Å². The van der Waals surface area contributed by atoms with Crippen molar-refractivity contribution in [2.75, 3.05) is 23.4 Å². The molecule has 158 valence electrons. The number of halogens is 2. The van der Waals surface area contributed by atoms with Gasteiger partial charge in [0, 0.05) is 17.3 Å². The smallest absolute Gasteiger partial charge is 0.227 e. The molecule has 2 aromatic heterocycles. The van der Waals surface area contributed by atoms with Crippen LogP contribution >= 0.6 is 11.3 Å². The second-order valence-corrected chi connectivity index (χ2v) is 8.38. The normalized spacial score (nSPS) is 13.4. The average Bonchev–Trinajstić information content (AvgIpc) is 3.22. The molecule has 0 fully saturated rings. The van der Waals surface area contributed by atoms with E-state index in [1.807, 2.05) is 36.9 Å². The highest BCUT2D eigenvalue weighted by atomic mass is 32.1. The number of nitrogens with one attached hydrogen (secondary N) is 1. The molecule has 0 atom stereocenters. The lowest BCUT2D eigenvalue weighted by Gasteiger charge is -2.34. The van der Waals surface area contributed by atoms with Crippen LogP contribution in [0.25, 0.3) is 21.5 Å². The number of hydrogen-bond donors (Lipinski definition) is 1. The van der Waals surface area contributed by atoms with Gasteiger partial charge in [-0.1, -0.05) is 0 Å². The molecule has 1 aliphatic rings. The maximum Gasteiger partial charge on any atom is 0.227 e. The van der Waals surface area contributed by atoms with Gasteiger partial charge in [0.15, 0.2) is 17.4 Å². The molecule has 31 heavy (non-hydrogen) atoms. The Kier molecular flexibility index (Phi) is 4.90. The van der Waals surface area contributed by atoms with Crippen LogP contribution in [0.2, 0.25) is 0 Å². The second kappa shape index (κ2) is 7.73. The summed E-state index contributed by atoms with van der Waals surface area (Å²) in [6.45, 7) is 5.07. The first-order chi connectivity index (χ1) is 15.0. The third kappa shape index (κ3) is 3.65. The number of ether oxygens (including phenoxy) is 1. The van der Waals surface area contributed by atoms with Crippen molar-refractivity contribution in [3.63, 3.8) is 0 Å². The molecule has 2 aromatic carbocycles. The van der Waals surface area contributed by atoms with Crippen LogP contribution in [0.5, 0.6) is 5.75 Å². The quantitative estimate of drug-likeness (QED) is 0.461. The van der Waals surface area contributed by atoms with Crippen molar-refractivity contribution in [1.29, 1.82) is 0 Å². The van der Waals surface area contributed by atoms with Crippen LogP contribution in [0.1, 0.15) is 13.8 Å². The van der Waals surface area contributed by atoms with Gasteiger partial charge in [0.25, 0.3) is 0 Å². The van der Waals surface area contributed by atoms with Crippen LogP contribution in [0.4, 0.5) is 26.1 Å². The summed E-state index contributed by atoms with van der Waals surface area (Å²) < 4.78 is 36.1. The molecular formula is C22H19F2N5OS. The van der Waals surface area contributed by atoms with Crippen molar-refractivity contribution in [2.45, 2.75) is 19.9 Å². The number of anilines is 3. The lowest BCUT2D eigenvalue weighted by Crippen LogP contribution is -2.38. The van der Waals surface area contributed by atoms with Gasteiger partial charge in [-0.25, -0.2) is 23.7 Å². The zero-order valence-corrected chi connectivity index (χ0v) is 17.7. The zero-order valence-electron chi connectivity index (χ0n) is 16.9. The van der Waals surface area contributed by atoms with Crippen LogP contribution in [0.15, 0.2) is 42.0 Å². The van der Waals surface area contributed by atoms with E-state index in [0.717, 1.165) is 22.1 Å². The zero-order chi connectivity index (χ0) is 21.5. The first-order valence-corrected chi connectivity index (χ1v) is 10.7. The molecule has 4 aromatic rings. The summed E-state index contributed by atoms with van der Waals surface area (Å²) in [7, 11) is 0. The molecule has 3 heterocycles. The molecule has 0 saturated heterocycles. The van der Waals surface area contributed by atoms with E-state index < -0.39 is 11.6 Å². The summed E-state index contributed by atoms with van der Waals surface area (Å²) in [5.74, 6) is -0.777. The summed E-state index contributed by atoms with van der Waals surface area (Å²) in [6.07, 6.45) is 1.08. The second-order valence-electron chi connectivity index (χ2n) is 7.49. The summed E-state index contributed by atoms with van der Waals surface area (Å²) in [5.41, 5.74) is 4.29. The van der Waals surface area contributed by atoms with Gasteiger partial charge in [0.2, 0.25) is 5.95 Å². The van der Waals surface area contributed by atoms with Gasteiger partial charge in [-0.15, -0.1) is 11.3 Å². The number of fused-ring (bicyclic) bond motifs is 2. The van der Waals surface area contributed by atoms with Gasteiger partial charge >= 0.3 is 0 Å². The van der Waals surface area contributed by atoms with Crippen molar-refractivity contribution < 1.29 is 13.5 Å². The first kappa shape index (κ1) is 19.6. The maximum atomic E-state index is 14.8. The number of hydrogen-bond acceptors (Lipinski definition) is 7. The van der Waals surface area contributed by atoms with Crippen LogP contribution in [-0.4, -0.2) is 34.1 Å². The third-order valence-electron chi connectivity index (χ3n) is 5.14. The molecule has 0 bridgehead atoms. The van der Waals surface area contributed by atoms with Crippen molar-refractivity contribution in [3.8, 4) is 17.0 Å². The summed E-state index contributed by atoms with van der Waals surface area (Å²) in [6, 6.07) is 8.80. The van der Waals surface area contributed by atoms with Crippen LogP contribution in [-0.2, 0) is 0 Å².